The van der Waals surface area contributed by atoms with Crippen LogP contribution in [0.1, 0.15) is 54.5 Å². The van der Waals surface area contributed by atoms with E-state index in [4.69, 9.17) is 0 Å². The van der Waals surface area contributed by atoms with Crippen molar-refractivity contribution in [1.29, 1.82) is 0 Å². The van der Waals surface area contributed by atoms with Crippen LogP contribution in [-0.2, 0) is 6.42 Å². The summed E-state index contributed by atoms with van der Waals surface area (Å²) in [5, 5.41) is 6.23. The Morgan fingerprint density at radius 3 is 2.64 bits per heavy atom. The van der Waals surface area contributed by atoms with Crippen LogP contribution in [0, 0.1) is 19.8 Å². The Labute approximate surface area is 150 Å². The third-order valence-corrected chi connectivity index (χ3v) is 4.07. The molecule has 0 fully saturated rings. The maximum absolute atomic E-state index is 12.3. The summed E-state index contributed by atoms with van der Waals surface area (Å²) in [5.41, 5.74) is 4.51. The average molecular weight is 340 g/mol. The SMILES string of the molecule is CCc1cccc(C)c1Nc1nc(C)cc(C(=O)NCCC(C)C)n1. The number of para-hydroxylation sites is 1. The molecule has 2 rings (SSSR count). The molecule has 134 valence electrons. The Bertz CT molecular complexity index is 740. The maximum atomic E-state index is 12.3. The zero-order chi connectivity index (χ0) is 18.4. The van der Waals surface area contributed by atoms with E-state index in [2.05, 4.69) is 60.4 Å². The van der Waals surface area contributed by atoms with E-state index in [1.54, 1.807) is 6.07 Å². The van der Waals surface area contributed by atoms with Crippen molar-refractivity contribution >= 4 is 17.5 Å². The van der Waals surface area contributed by atoms with Crippen LogP contribution in [0.25, 0.3) is 0 Å². The molecule has 0 saturated heterocycles. The van der Waals surface area contributed by atoms with Crippen molar-refractivity contribution in [3.05, 3.63) is 46.8 Å². The van der Waals surface area contributed by atoms with Crippen LogP contribution in [0.3, 0.4) is 0 Å². The Morgan fingerprint density at radius 2 is 1.96 bits per heavy atom. The molecule has 25 heavy (non-hydrogen) atoms. The van der Waals surface area contributed by atoms with E-state index in [9.17, 15) is 4.79 Å². The van der Waals surface area contributed by atoms with Crippen LogP contribution >= 0.6 is 0 Å². The highest BCUT2D eigenvalue weighted by molar-refractivity contribution is 5.92. The summed E-state index contributed by atoms with van der Waals surface area (Å²) in [6.07, 6.45) is 1.86. The van der Waals surface area contributed by atoms with Crippen molar-refractivity contribution < 1.29 is 4.79 Å². The van der Waals surface area contributed by atoms with Crippen molar-refractivity contribution in [3.8, 4) is 0 Å². The molecule has 0 unspecified atom stereocenters. The summed E-state index contributed by atoms with van der Waals surface area (Å²) in [7, 11) is 0. The van der Waals surface area contributed by atoms with E-state index in [1.807, 2.05) is 13.0 Å². The molecule has 0 aliphatic heterocycles. The van der Waals surface area contributed by atoms with Crippen molar-refractivity contribution in [3.63, 3.8) is 0 Å². The highest BCUT2D eigenvalue weighted by atomic mass is 16.1. The summed E-state index contributed by atoms with van der Waals surface area (Å²) in [4.78, 5) is 21.2. The Balaban J connectivity index is 2.21. The molecular weight excluding hydrogens is 312 g/mol. The van der Waals surface area contributed by atoms with Crippen LogP contribution in [-0.4, -0.2) is 22.4 Å². The zero-order valence-electron chi connectivity index (χ0n) is 15.8. The van der Waals surface area contributed by atoms with Gasteiger partial charge in [0.15, 0.2) is 0 Å². The minimum atomic E-state index is -0.158. The fraction of sp³-hybridized carbons (Fsp3) is 0.450. The first-order chi connectivity index (χ1) is 11.9. The fourth-order valence-electron chi connectivity index (χ4n) is 2.62. The number of carbonyl (C=O) groups is 1. The predicted molar refractivity (Wildman–Crippen MR) is 102 cm³/mol. The Hall–Kier alpha value is -2.43. The summed E-state index contributed by atoms with van der Waals surface area (Å²) >= 11 is 0. The average Bonchev–Trinajstić information content (AvgIpc) is 2.55. The van der Waals surface area contributed by atoms with Gasteiger partial charge in [-0.3, -0.25) is 4.79 Å². The van der Waals surface area contributed by atoms with Gasteiger partial charge >= 0.3 is 0 Å². The standard InChI is InChI=1S/C20H28N4O/c1-6-16-9-7-8-14(4)18(16)24-20-22-15(5)12-17(23-20)19(25)21-11-10-13(2)3/h7-9,12-13H,6,10-11H2,1-5H3,(H,21,25)(H,22,23,24). The molecule has 2 N–H and O–H groups in total. The van der Waals surface area contributed by atoms with Gasteiger partial charge in [-0.1, -0.05) is 39.0 Å². The lowest BCUT2D eigenvalue weighted by atomic mass is 10.1. The summed E-state index contributed by atoms with van der Waals surface area (Å²) in [6, 6.07) is 7.90. The van der Waals surface area contributed by atoms with Gasteiger partial charge in [-0.05, 0) is 49.8 Å². The number of rotatable bonds is 7. The molecule has 0 radical (unpaired) electrons. The summed E-state index contributed by atoms with van der Waals surface area (Å²) in [5.74, 6) is 0.853. The van der Waals surface area contributed by atoms with Crippen molar-refractivity contribution in [2.45, 2.75) is 47.5 Å². The van der Waals surface area contributed by atoms with E-state index in [0.717, 1.165) is 29.8 Å². The van der Waals surface area contributed by atoms with Crippen molar-refractivity contribution in [2.75, 3.05) is 11.9 Å². The number of nitrogens with one attached hydrogen (secondary N) is 2. The highest BCUT2D eigenvalue weighted by Gasteiger charge is 2.12. The van der Waals surface area contributed by atoms with Gasteiger partial charge in [-0.15, -0.1) is 0 Å². The van der Waals surface area contributed by atoms with Gasteiger partial charge in [0.25, 0.3) is 5.91 Å². The highest BCUT2D eigenvalue weighted by Crippen LogP contribution is 2.24. The van der Waals surface area contributed by atoms with Gasteiger partial charge < -0.3 is 10.6 Å². The molecule has 1 aromatic carbocycles. The molecule has 1 amide bonds. The summed E-state index contributed by atoms with van der Waals surface area (Å²) in [6.45, 7) is 11.0. The molecule has 5 heteroatoms. The first-order valence-electron chi connectivity index (χ1n) is 8.90. The van der Waals surface area contributed by atoms with Crippen LogP contribution in [0.5, 0.6) is 0 Å². The van der Waals surface area contributed by atoms with Gasteiger partial charge in [-0.2, -0.15) is 0 Å². The van der Waals surface area contributed by atoms with Gasteiger partial charge in [-0.25, -0.2) is 9.97 Å². The molecule has 1 heterocycles. The number of aryl methyl sites for hydroxylation is 3. The van der Waals surface area contributed by atoms with Crippen LogP contribution < -0.4 is 10.6 Å². The zero-order valence-corrected chi connectivity index (χ0v) is 15.8. The lowest BCUT2D eigenvalue weighted by molar-refractivity contribution is 0.0947. The van der Waals surface area contributed by atoms with Gasteiger partial charge in [0, 0.05) is 17.9 Å². The monoisotopic (exact) mass is 340 g/mol. The maximum Gasteiger partial charge on any atom is 0.270 e. The van der Waals surface area contributed by atoms with Crippen LogP contribution in [0.2, 0.25) is 0 Å². The molecule has 0 aliphatic rings. The second-order valence-electron chi connectivity index (χ2n) is 6.74. The number of hydrogen-bond acceptors (Lipinski definition) is 4. The minimum Gasteiger partial charge on any atom is -0.351 e. The van der Waals surface area contributed by atoms with Crippen LogP contribution in [0.15, 0.2) is 24.3 Å². The Kier molecular flexibility index (Phi) is 6.51. The summed E-state index contributed by atoms with van der Waals surface area (Å²) < 4.78 is 0. The van der Waals surface area contributed by atoms with E-state index in [1.165, 1.54) is 5.56 Å². The third kappa shape index (κ3) is 5.28. The second-order valence-corrected chi connectivity index (χ2v) is 6.74. The first kappa shape index (κ1) is 18.9. The first-order valence-corrected chi connectivity index (χ1v) is 8.90. The van der Waals surface area contributed by atoms with Gasteiger partial charge in [0.1, 0.15) is 5.69 Å². The van der Waals surface area contributed by atoms with Crippen molar-refractivity contribution in [1.82, 2.24) is 15.3 Å². The van der Waals surface area contributed by atoms with Gasteiger partial charge in [0.2, 0.25) is 5.95 Å². The minimum absolute atomic E-state index is 0.158. The number of hydrogen-bond donors (Lipinski definition) is 2. The smallest absolute Gasteiger partial charge is 0.270 e. The number of nitrogens with zero attached hydrogens (tertiary/aromatic N) is 2. The molecular formula is C20H28N4O. The number of anilines is 2. The molecule has 0 atom stereocenters. The topological polar surface area (TPSA) is 66.9 Å². The third-order valence-electron chi connectivity index (χ3n) is 4.07. The lowest BCUT2D eigenvalue weighted by Crippen LogP contribution is -2.26. The Morgan fingerprint density at radius 1 is 1.20 bits per heavy atom. The quantitative estimate of drug-likeness (QED) is 0.793. The number of carbonyl (C=O) groups excluding carboxylic acids is 1. The normalized spacial score (nSPS) is 10.8. The van der Waals surface area contributed by atoms with Crippen molar-refractivity contribution in [2.24, 2.45) is 5.92 Å². The number of amides is 1. The van der Waals surface area contributed by atoms with Crippen LogP contribution in [0.4, 0.5) is 11.6 Å². The molecule has 1 aromatic heterocycles. The van der Waals surface area contributed by atoms with E-state index in [0.29, 0.717) is 24.1 Å². The molecule has 0 aliphatic carbocycles. The van der Waals surface area contributed by atoms with E-state index in [-0.39, 0.29) is 5.91 Å². The second kappa shape index (κ2) is 8.60. The largest absolute Gasteiger partial charge is 0.351 e. The van der Waals surface area contributed by atoms with E-state index >= 15 is 0 Å². The molecule has 0 bridgehead atoms. The predicted octanol–water partition coefficient (Wildman–Crippen LogP) is 4.18. The molecule has 5 nitrogen and oxygen atoms in total. The number of aromatic nitrogens is 2. The number of benzene rings is 1. The van der Waals surface area contributed by atoms with E-state index < -0.39 is 0 Å². The fourth-order valence-corrected chi connectivity index (χ4v) is 2.62. The molecule has 0 spiro atoms. The molecule has 0 saturated carbocycles. The molecule has 2 aromatic rings. The van der Waals surface area contributed by atoms with Gasteiger partial charge in [0.05, 0.1) is 0 Å². The lowest BCUT2D eigenvalue weighted by Gasteiger charge is -2.14.